The maximum absolute atomic E-state index is 9.33. The molecule has 1 N–H and O–H groups in total. The molecule has 0 spiro atoms. The molecule has 0 saturated carbocycles. The highest BCUT2D eigenvalue weighted by atomic mass is 17.0. The fraction of sp³-hybridized carbons (Fsp3) is 1.00. The number of hydrogen-bond donors (Lipinski definition) is 1. The normalized spacial score (nSPS) is 39.8. The first-order valence-corrected chi connectivity index (χ1v) is 1.05. The minimum atomic E-state index is -0.0833. The largest absolute Gasteiger partial charge is 0.598 e. The van der Waals surface area contributed by atoms with E-state index in [1.807, 2.05) is 0 Å². The minimum Gasteiger partial charge on any atom is -0.598 e. The number of rotatable bonds is 0. The van der Waals surface area contributed by atoms with Crippen LogP contribution < -0.4 is 5.23 Å². The lowest BCUT2D eigenvalue weighted by Gasteiger charge is -1.77. The summed E-state index contributed by atoms with van der Waals surface area (Å²) in [6.45, 7) is 0.347. The molecule has 1 aliphatic heterocycles. The molecule has 1 atom stereocenters. The van der Waals surface area contributed by atoms with Gasteiger partial charge in [0.1, 0.15) is 0 Å². The van der Waals surface area contributed by atoms with Crippen molar-refractivity contribution in [3.63, 3.8) is 0 Å². The Morgan fingerprint density at radius 3 is 2.25 bits per heavy atom. The van der Waals surface area contributed by atoms with Gasteiger partial charge in [0, 0.05) is 0 Å². The topological polar surface area (TPSA) is 40.0 Å². The summed E-state index contributed by atoms with van der Waals surface area (Å²) in [7, 11) is 0. The molecule has 0 aliphatic carbocycles. The van der Waals surface area contributed by atoms with E-state index in [0.29, 0.717) is 6.73 Å². The molecule has 0 aromatic heterocycles. The van der Waals surface area contributed by atoms with Crippen molar-refractivity contribution < 1.29 is 10.1 Å². The molecule has 0 amide bonds. The Kier molecular flexibility index (Phi) is 0.228. The summed E-state index contributed by atoms with van der Waals surface area (Å²) in [5, 5.41) is 9.25. The second-order valence-electron chi connectivity index (χ2n) is 0.661. The summed E-state index contributed by atoms with van der Waals surface area (Å²) in [4.78, 5) is 4.07. The fourth-order valence-corrected chi connectivity index (χ4v) is 0.0295. The average Bonchev–Trinajstić information content (AvgIpc) is 1.75. The van der Waals surface area contributed by atoms with Gasteiger partial charge in [-0.2, -0.15) is 5.23 Å². The molecule has 3 heteroatoms. The summed E-state index contributed by atoms with van der Waals surface area (Å²) in [5.41, 5.74) is 0. The molecule has 0 radical (unpaired) electrons. The van der Waals surface area contributed by atoms with Crippen LogP contribution in [0.2, 0.25) is 0 Å². The van der Waals surface area contributed by atoms with Crippen LogP contribution in [0.5, 0.6) is 0 Å². The van der Waals surface area contributed by atoms with Gasteiger partial charge in [-0.3, -0.25) is 0 Å². The van der Waals surface area contributed by atoms with Crippen LogP contribution in [-0.4, -0.2) is 6.73 Å². The lowest BCUT2D eigenvalue weighted by atomic mass is 11.5. The zero-order valence-electron chi connectivity index (χ0n) is 2.02. The van der Waals surface area contributed by atoms with Crippen LogP contribution in [-0.2, 0) is 4.84 Å². The van der Waals surface area contributed by atoms with Crippen LogP contribution in [0.25, 0.3) is 0 Å². The third-order valence-corrected chi connectivity index (χ3v) is 0.262. The Hall–Kier alpha value is -0.120. The summed E-state index contributed by atoms with van der Waals surface area (Å²) in [6.07, 6.45) is 0. The van der Waals surface area contributed by atoms with E-state index >= 15 is 0 Å². The Bertz CT molecular complexity index is 25.2. The summed E-state index contributed by atoms with van der Waals surface area (Å²) in [5.74, 6) is 0. The number of hydroxylamine groups is 2. The predicted octanol–water partition coefficient (Wildman–Crippen LogP) is -1.73. The Balaban J connectivity index is 2.17. The maximum atomic E-state index is 9.33. The van der Waals surface area contributed by atoms with E-state index in [9.17, 15) is 5.21 Å². The predicted molar refractivity (Wildman–Crippen MR) is 10.3 cm³/mol. The van der Waals surface area contributed by atoms with E-state index in [4.69, 9.17) is 0 Å². The van der Waals surface area contributed by atoms with Crippen molar-refractivity contribution >= 4 is 0 Å². The van der Waals surface area contributed by atoms with Crippen molar-refractivity contribution in [3.05, 3.63) is 5.21 Å². The van der Waals surface area contributed by atoms with Gasteiger partial charge in [-0.05, 0) is 0 Å². The lowest BCUT2D eigenvalue weighted by molar-refractivity contribution is -0.834. The second-order valence-corrected chi connectivity index (χ2v) is 0.661. The third-order valence-electron chi connectivity index (χ3n) is 0.262. The van der Waals surface area contributed by atoms with Crippen LogP contribution in [0.4, 0.5) is 0 Å². The quantitative estimate of drug-likeness (QED) is 0.267. The molecule has 0 aromatic rings. The van der Waals surface area contributed by atoms with Gasteiger partial charge >= 0.3 is 0 Å². The van der Waals surface area contributed by atoms with Crippen molar-refractivity contribution in [2.75, 3.05) is 6.73 Å². The van der Waals surface area contributed by atoms with Crippen LogP contribution in [0, 0.1) is 5.21 Å². The van der Waals surface area contributed by atoms with Gasteiger partial charge in [-0.1, -0.05) is 0 Å². The summed E-state index contributed by atoms with van der Waals surface area (Å²) >= 11 is 0. The van der Waals surface area contributed by atoms with Crippen LogP contribution in [0.15, 0.2) is 0 Å². The molecule has 1 saturated heterocycles. The number of quaternary nitrogens is 1. The van der Waals surface area contributed by atoms with Gasteiger partial charge in [-0.25, -0.2) is 0 Å². The molecule has 1 fully saturated rings. The number of hydrogen-bond acceptors (Lipinski definition) is 2. The van der Waals surface area contributed by atoms with E-state index in [-0.39, 0.29) is 5.23 Å². The van der Waals surface area contributed by atoms with Crippen molar-refractivity contribution in [2.24, 2.45) is 0 Å². The first kappa shape index (κ1) is 2.14. The molecule has 1 unspecified atom stereocenters. The monoisotopic (exact) mass is 61.0 g/mol. The Morgan fingerprint density at radius 2 is 2.25 bits per heavy atom. The van der Waals surface area contributed by atoms with Crippen molar-refractivity contribution in [2.45, 2.75) is 0 Å². The molecule has 0 aromatic carbocycles. The maximum Gasteiger partial charge on any atom is 0.263 e. The van der Waals surface area contributed by atoms with Crippen LogP contribution in [0.1, 0.15) is 0 Å². The Labute approximate surface area is 23.3 Å². The zero-order chi connectivity index (χ0) is 2.99. The highest BCUT2D eigenvalue weighted by Crippen LogP contribution is 1.57. The average molecular weight is 61.0 g/mol. The molecular formula is CH3NO2. The third kappa shape index (κ3) is 0.176. The molecule has 1 aliphatic rings. The van der Waals surface area contributed by atoms with E-state index < -0.39 is 0 Å². The first-order valence-electron chi connectivity index (χ1n) is 1.05. The number of nitrogens with one attached hydrogen (secondary N) is 1. The van der Waals surface area contributed by atoms with Gasteiger partial charge in [0.2, 0.25) is 0 Å². The van der Waals surface area contributed by atoms with Crippen molar-refractivity contribution in [1.82, 2.24) is 0 Å². The molecule has 1 rings (SSSR count). The van der Waals surface area contributed by atoms with Crippen molar-refractivity contribution in [1.29, 1.82) is 0 Å². The molecule has 1 heterocycles. The molecular weight excluding hydrogens is 58.0 g/mol. The van der Waals surface area contributed by atoms with E-state index in [1.54, 1.807) is 0 Å². The SMILES string of the molecule is [O-][NH+]1CO1. The highest BCUT2D eigenvalue weighted by Gasteiger charge is 2.11. The van der Waals surface area contributed by atoms with Gasteiger partial charge < -0.3 is 5.21 Å². The second kappa shape index (κ2) is 0.427. The first-order chi connectivity index (χ1) is 1.89. The Morgan fingerprint density at radius 1 is 2.00 bits per heavy atom. The van der Waals surface area contributed by atoms with Gasteiger partial charge in [0.25, 0.3) is 6.73 Å². The fourth-order valence-electron chi connectivity index (χ4n) is 0.0295. The van der Waals surface area contributed by atoms with E-state index in [0.717, 1.165) is 0 Å². The smallest absolute Gasteiger partial charge is 0.263 e. The summed E-state index contributed by atoms with van der Waals surface area (Å²) < 4.78 is 0. The summed E-state index contributed by atoms with van der Waals surface area (Å²) in [6, 6.07) is 0. The van der Waals surface area contributed by atoms with Crippen LogP contribution >= 0.6 is 0 Å². The van der Waals surface area contributed by atoms with E-state index in [2.05, 4.69) is 4.84 Å². The molecule has 4 heavy (non-hydrogen) atoms. The van der Waals surface area contributed by atoms with Crippen molar-refractivity contribution in [3.8, 4) is 0 Å². The lowest BCUT2D eigenvalue weighted by Crippen LogP contribution is -2.84. The van der Waals surface area contributed by atoms with E-state index in [1.165, 1.54) is 0 Å². The molecule has 3 nitrogen and oxygen atoms in total. The van der Waals surface area contributed by atoms with Gasteiger partial charge in [0.15, 0.2) is 0 Å². The van der Waals surface area contributed by atoms with Gasteiger partial charge in [0.05, 0.1) is 0 Å². The van der Waals surface area contributed by atoms with Crippen LogP contribution in [0.3, 0.4) is 0 Å². The zero-order valence-corrected chi connectivity index (χ0v) is 2.02. The minimum absolute atomic E-state index is 0.0833. The highest BCUT2D eigenvalue weighted by molar-refractivity contribution is 3.99. The standard InChI is InChI=1S/CH3NO2/c3-2-1-4-2/h2H,1H2. The molecule has 24 valence electrons. The molecule has 0 bridgehead atoms. The van der Waals surface area contributed by atoms with Gasteiger partial charge in [-0.15, -0.1) is 4.84 Å².